The molecule has 24 heavy (non-hydrogen) atoms. The highest BCUT2D eigenvalue weighted by molar-refractivity contribution is 5.94. The molecule has 1 amide bonds. The number of hydrogen-bond acceptors (Lipinski definition) is 4. The van der Waals surface area contributed by atoms with Gasteiger partial charge in [-0.3, -0.25) is 4.79 Å². The third-order valence-corrected chi connectivity index (χ3v) is 3.68. The number of aliphatic hydroxyl groups excluding tert-OH is 2. The van der Waals surface area contributed by atoms with E-state index < -0.39 is 12.1 Å². The maximum absolute atomic E-state index is 12.3. The molecule has 2 aromatic carbocycles. The van der Waals surface area contributed by atoms with Crippen molar-refractivity contribution in [1.82, 2.24) is 5.32 Å². The van der Waals surface area contributed by atoms with E-state index in [4.69, 9.17) is 4.74 Å². The van der Waals surface area contributed by atoms with Gasteiger partial charge in [-0.1, -0.05) is 30.3 Å². The molecule has 5 heteroatoms. The van der Waals surface area contributed by atoms with Gasteiger partial charge in [0.25, 0.3) is 5.91 Å². The van der Waals surface area contributed by atoms with Crippen molar-refractivity contribution in [2.75, 3.05) is 13.2 Å². The minimum Gasteiger partial charge on any atom is -0.494 e. The number of nitrogens with one attached hydrogen (secondary N) is 1. The fourth-order valence-electron chi connectivity index (χ4n) is 2.40. The number of hydrogen-bond donors (Lipinski definition) is 3. The van der Waals surface area contributed by atoms with Crippen molar-refractivity contribution in [3.63, 3.8) is 0 Å². The van der Waals surface area contributed by atoms with Crippen LogP contribution >= 0.6 is 0 Å². The van der Waals surface area contributed by atoms with E-state index in [0.29, 0.717) is 17.9 Å². The molecule has 0 bridgehead atoms. The Morgan fingerprint density at radius 2 is 1.79 bits per heavy atom. The Balaban J connectivity index is 1.95. The molecule has 2 rings (SSSR count). The van der Waals surface area contributed by atoms with Crippen LogP contribution in [0.5, 0.6) is 5.75 Å². The average Bonchev–Trinajstić information content (AvgIpc) is 2.62. The first-order chi connectivity index (χ1) is 11.6. The topological polar surface area (TPSA) is 78.8 Å². The van der Waals surface area contributed by atoms with E-state index in [1.54, 1.807) is 24.3 Å². The molecule has 0 saturated carbocycles. The lowest BCUT2D eigenvalue weighted by molar-refractivity contribution is 0.0865. The van der Waals surface area contributed by atoms with Crippen LogP contribution in [0, 0.1) is 0 Å². The number of ether oxygens (including phenoxy) is 1. The van der Waals surface area contributed by atoms with E-state index in [9.17, 15) is 15.0 Å². The highest BCUT2D eigenvalue weighted by Crippen LogP contribution is 2.18. The first-order valence-electron chi connectivity index (χ1n) is 8.01. The van der Waals surface area contributed by atoms with E-state index in [1.165, 1.54) is 0 Å². The maximum atomic E-state index is 12.3. The molecule has 0 fully saturated rings. The maximum Gasteiger partial charge on any atom is 0.251 e. The smallest absolute Gasteiger partial charge is 0.251 e. The van der Waals surface area contributed by atoms with Gasteiger partial charge in [-0.2, -0.15) is 0 Å². The van der Waals surface area contributed by atoms with Crippen molar-refractivity contribution >= 4 is 5.91 Å². The number of aliphatic hydroxyl groups is 2. The van der Waals surface area contributed by atoms with Crippen molar-refractivity contribution in [2.45, 2.75) is 25.5 Å². The molecular formula is C19H23NO4. The van der Waals surface area contributed by atoms with Gasteiger partial charge in [0, 0.05) is 5.56 Å². The van der Waals surface area contributed by atoms with Gasteiger partial charge in [0.05, 0.1) is 25.4 Å². The van der Waals surface area contributed by atoms with Gasteiger partial charge in [-0.25, -0.2) is 0 Å². The number of carbonyl (C=O) groups excluding carboxylic acids is 1. The molecule has 128 valence electrons. The Morgan fingerprint density at radius 3 is 2.38 bits per heavy atom. The lowest BCUT2D eigenvalue weighted by Crippen LogP contribution is -2.38. The zero-order valence-electron chi connectivity index (χ0n) is 13.7. The van der Waals surface area contributed by atoms with Crippen molar-refractivity contribution in [3.05, 3.63) is 65.7 Å². The van der Waals surface area contributed by atoms with E-state index >= 15 is 0 Å². The summed E-state index contributed by atoms with van der Waals surface area (Å²) in [6.07, 6.45) is -0.507. The summed E-state index contributed by atoms with van der Waals surface area (Å²) < 4.78 is 5.34. The Bertz CT molecular complexity index is 628. The summed E-state index contributed by atoms with van der Waals surface area (Å²) in [6, 6.07) is 15.4. The molecule has 0 spiro atoms. The van der Waals surface area contributed by atoms with Gasteiger partial charge in [0.2, 0.25) is 0 Å². The number of amides is 1. The highest BCUT2D eigenvalue weighted by atomic mass is 16.5. The number of rotatable bonds is 8. The Kier molecular flexibility index (Phi) is 6.78. The number of carbonyl (C=O) groups is 1. The first-order valence-corrected chi connectivity index (χ1v) is 8.01. The summed E-state index contributed by atoms with van der Waals surface area (Å²) in [4.78, 5) is 12.3. The van der Waals surface area contributed by atoms with Gasteiger partial charge in [0.15, 0.2) is 0 Å². The lowest BCUT2D eigenvalue weighted by atomic mass is 10.0. The van der Waals surface area contributed by atoms with E-state index in [2.05, 4.69) is 5.32 Å². The molecule has 0 unspecified atom stereocenters. The highest BCUT2D eigenvalue weighted by Gasteiger charge is 2.18. The zero-order valence-corrected chi connectivity index (χ0v) is 13.7. The third kappa shape index (κ3) is 5.08. The standard InChI is InChI=1S/C19H23NO4/c1-2-24-17-10-8-15(9-11-17)19(23)20-16(13-21)12-18(22)14-6-4-3-5-7-14/h3-11,16,18,21-22H,2,12-13H2,1H3,(H,20,23)/t16-,18-/m0/s1. The molecule has 0 aliphatic heterocycles. The minimum absolute atomic E-state index is 0.239. The molecule has 2 atom stereocenters. The van der Waals surface area contributed by atoms with Crippen LogP contribution in [0.1, 0.15) is 35.4 Å². The molecule has 2 aromatic rings. The van der Waals surface area contributed by atoms with E-state index in [-0.39, 0.29) is 18.9 Å². The van der Waals surface area contributed by atoms with Crippen LogP contribution in [0.2, 0.25) is 0 Å². The van der Waals surface area contributed by atoms with E-state index in [1.807, 2.05) is 37.3 Å². The quantitative estimate of drug-likeness (QED) is 0.694. The van der Waals surface area contributed by atoms with E-state index in [0.717, 1.165) is 5.56 Å². The summed E-state index contributed by atoms with van der Waals surface area (Å²) in [5.41, 5.74) is 1.23. The molecule has 0 aliphatic carbocycles. The van der Waals surface area contributed by atoms with Crippen LogP contribution in [0.25, 0.3) is 0 Å². The summed E-state index contributed by atoms with van der Waals surface area (Å²) in [6.45, 7) is 2.21. The summed E-state index contributed by atoms with van der Waals surface area (Å²) >= 11 is 0. The fourth-order valence-corrected chi connectivity index (χ4v) is 2.40. The Morgan fingerprint density at radius 1 is 1.12 bits per heavy atom. The zero-order chi connectivity index (χ0) is 17.4. The molecule has 0 aliphatic rings. The largest absolute Gasteiger partial charge is 0.494 e. The summed E-state index contributed by atoms with van der Waals surface area (Å²) in [5, 5.41) is 22.5. The van der Waals surface area contributed by atoms with Gasteiger partial charge < -0.3 is 20.3 Å². The van der Waals surface area contributed by atoms with Crippen LogP contribution in [0.3, 0.4) is 0 Å². The predicted molar refractivity (Wildman–Crippen MR) is 92.0 cm³/mol. The molecule has 0 heterocycles. The van der Waals surface area contributed by atoms with Gasteiger partial charge in [0.1, 0.15) is 5.75 Å². The molecular weight excluding hydrogens is 306 g/mol. The Labute approximate surface area is 141 Å². The molecule has 0 radical (unpaired) electrons. The molecule has 5 nitrogen and oxygen atoms in total. The number of benzene rings is 2. The van der Waals surface area contributed by atoms with Crippen LogP contribution < -0.4 is 10.1 Å². The van der Waals surface area contributed by atoms with Crippen molar-refractivity contribution in [1.29, 1.82) is 0 Å². The third-order valence-electron chi connectivity index (χ3n) is 3.68. The van der Waals surface area contributed by atoms with Crippen LogP contribution in [-0.4, -0.2) is 35.4 Å². The molecule has 0 aromatic heterocycles. The van der Waals surface area contributed by atoms with Crippen molar-refractivity contribution in [2.24, 2.45) is 0 Å². The van der Waals surface area contributed by atoms with Crippen LogP contribution in [0.4, 0.5) is 0 Å². The molecule has 3 N–H and O–H groups in total. The Hall–Kier alpha value is -2.37. The fraction of sp³-hybridized carbons (Fsp3) is 0.316. The minimum atomic E-state index is -0.746. The average molecular weight is 329 g/mol. The lowest BCUT2D eigenvalue weighted by Gasteiger charge is -2.20. The second-order valence-corrected chi connectivity index (χ2v) is 5.47. The first kappa shape index (κ1) is 18.0. The van der Waals surface area contributed by atoms with Crippen molar-refractivity contribution in [3.8, 4) is 5.75 Å². The van der Waals surface area contributed by atoms with Crippen molar-refractivity contribution < 1.29 is 19.7 Å². The second-order valence-electron chi connectivity index (χ2n) is 5.47. The summed E-state index contributed by atoms with van der Waals surface area (Å²) in [7, 11) is 0. The second kappa shape index (κ2) is 9.05. The van der Waals surface area contributed by atoms with Crippen LogP contribution in [-0.2, 0) is 0 Å². The normalized spacial score (nSPS) is 13.1. The predicted octanol–water partition coefficient (Wildman–Crippen LogP) is 2.30. The molecule has 0 saturated heterocycles. The van der Waals surface area contributed by atoms with Gasteiger partial charge >= 0.3 is 0 Å². The summed E-state index contributed by atoms with van der Waals surface area (Å²) in [5.74, 6) is 0.407. The van der Waals surface area contributed by atoms with Gasteiger partial charge in [-0.05, 0) is 43.2 Å². The SMILES string of the molecule is CCOc1ccc(C(=O)N[C@H](CO)C[C@H](O)c2ccccc2)cc1. The monoisotopic (exact) mass is 329 g/mol. The van der Waals surface area contributed by atoms with Gasteiger partial charge in [-0.15, -0.1) is 0 Å². The van der Waals surface area contributed by atoms with Crippen LogP contribution in [0.15, 0.2) is 54.6 Å².